The SMILES string of the molecule is CC(C)(C)OC(=O)N1CC2COCC(C1=O)N2C(=O)OCc1ccccc1. The van der Waals surface area contributed by atoms with Crippen LogP contribution >= 0.6 is 0 Å². The lowest BCUT2D eigenvalue weighted by atomic mass is 10.0. The summed E-state index contributed by atoms with van der Waals surface area (Å²) in [5, 5.41) is 0. The number of morpholine rings is 1. The molecule has 8 heteroatoms. The van der Waals surface area contributed by atoms with Crippen LogP contribution in [0.2, 0.25) is 0 Å². The maximum absolute atomic E-state index is 12.7. The van der Waals surface area contributed by atoms with E-state index in [1.807, 2.05) is 30.3 Å². The minimum atomic E-state index is -0.895. The van der Waals surface area contributed by atoms with Gasteiger partial charge in [0.2, 0.25) is 0 Å². The number of ether oxygens (including phenoxy) is 3. The van der Waals surface area contributed by atoms with Crippen molar-refractivity contribution in [3.63, 3.8) is 0 Å². The molecule has 0 aliphatic carbocycles. The third kappa shape index (κ3) is 4.39. The minimum absolute atomic E-state index is 0.0185. The summed E-state index contributed by atoms with van der Waals surface area (Å²) in [6.45, 7) is 5.58. The summed E-state index contributed by atoms with van der Waals surface area (Å²) in [5.74, 6) is -0.517. The number of fused-ring (bicyclic) bond motifs is 2. The molecule has 0 radical (unpaired) electrons. The molecule has 2 aliphatic rings. The Morgan fingerprint density at radius 2 is 1.85 bits per heavy atom. The van der Waals surface area contributed by atoms with E-state index in [0.717, 1.165) is 10.5 Å². The highest BCUT2D eigenvalue weighted by molar-refractivity contribution is 5.98. The van der Waals surface area contributed by atoms with Crippen LogP contribution in [0, 0.1) is 0 Å². The number of amides is 3. The van der Waals surface area contributed by atoms with Crippen LogP contribution < -0.4 is 0 Å². The molecule has 2 fully saturated rings. The van der Waals surface area contributed by atoms with Gasteiger partial charge >= 0.3 is 12.2 Å². The Morgan fingerprint density at radius 1 is 1.15 bits per heavy atom. The zero-order valence-corrected chi connectivity index (χ0v) is 15.7. The molecular formula is C19H24N2O6. The van der Waals surface area contributed by atoms with Crippen molar-refractivity contribution in [2.45, 2.75) is 45.1 Å². The van der Waals surface area contributed by atoms with Crippen molar-refractivity contribution < 1.29 is 28.6 Å². The molecule has 0 N–H and O–H groups in total. The molecule has 3 amide bonds. The van der Waals surface area contributed by atoms with Gasteiger partial charge in [0.15, 0.2) is 0 Å². The van der Waals surface area contributed by atoms with Crippen molar-refractivity contribution in [1.82, 2.24) is 9.80 Å². The van der Waals surface area contributed by atoms with Gasteiger partial charge in [0.25, 0.3) is 5.91 Å². The van der Waals surface area contributed by atoms with Gasteiger partial charge in [-0.3, -0.25) is 9.69 Å². The second kappa shape index (κ2) is 7.56. The summed E-state index contributed by atoms with van der Waals surface area (Å²) in [7, 11) is 0. The van der Waals surface area contributed by atoms with E-state index in [1.165, 1.54) is 4.90 Å². The summed E-state index contributed by atoms with van der Waals surface area (Å²) in [5.41, 5.74) is 0.139. The molecule has 0 spiro atoms. The van der Waals surface area contributed by atoms with E-state index in [4.69, 9.17) is 14.2 Å². The second-order valence-corrected chi connectivity index (χ2v) is 7.58. The van der Waals surface area contributed by atoms with E-state index in [0.29, 0.717) is 0 Å². The fraction of sp³-hybridized carbons (Fsp3) is 0.526. The number of rotatable bonds is 2. The van der Waals surface area contributed by atoms with Gasteiger partial charge < -0.3 is 14.2 Å². The molecule has 27 heavy (non-hydrogen) atoms. The molecule has 8 nitrogen and oxygen atoms in total. The second-order valence-electron chi connectivity index (χ2n) is 7.58. The van der Waals surface area contributed by atoms with Crippen molar-refractivity contribution in [1.29, 1.82) is 0 Å². The average molecular weight is 376 g/mol. The fourth-order valence-corrected chi connectivity index (χ4v) is 3.09. The first-order chi connectivity index (χ1) is 12.8. The van der Waals surface area contributed by atoms with Crippen LogP contribution in [-0.2, 0) is 25.6 Å². The quantitative estimate of drug-likeness (QED) is 0.786. The maximum atomic E-state index is 12.7. The van der Waals surface area contributed by atoms with Crippen molar-refractivity contribution in [2.75, 3.05) is 19.8 Å². The number of imide groups is 1. The van der Waals surface area contributed by atoms with Gasteiger partial charge in [-0.05, 0) is 26.3 Å². The third-order valence-corrected chi connectivity index (χ3v) is 4.29. The van der Waals surface area contributed by atoms with E-state index in [1.54, 1.807) is 20.8 Å². The molecule has 0 aromatic heterocycles. The van der Waals surface area contributed by atoms with E-state index in [2.05, 4.69) is 0 Å². The smallest absolute Gasteiger partial charge is 0.417 e. The van der Waals surface area contributed by atoms with E-state index < -0.39 is 35.8 Å². The standard InChI is InChI=1S/C19H24N2O6/c1-19(2,3)27-17(23)20-9-14-11-25-12-15(16(20)22)21(14)18(24)26-10-13-7-5-4-6-8-13/h4-8,14-15H,9-12H2,1-3H3. The Hall–Kier alpha value is -2.61. The van der Waals surface area contributed by atoms with Crippen molar-refractivity contribution >= 4 is 18.1 Å². The minimum Gasteiger partial charge on any atom is -0.445 e. The van der Waals surface area contributed by atoms with Gasteiger partial charge in [-0.2, -0.15) is 0 Å². The average Bonchev–Trinajstić information content (AvgIpc) is 2.61. The number of carbonyl (C=O) groups excluding carboxylic acids is 3. The van der Waals surface area contributed by atoms with E-state index >= 15 is 0 Å². The Bertz CT molecular complexity index is 715. The largest absolute Gasteiger partial charge is 0.445 e. The summed E-state index contributed by atoms with van der Waals surface area (Å²) >= 11 is 0. The first-order valence-corrected chi connectivity index (χ1v) is 8.87. The van der Waals surface area contributed by atoms with Crippen molar-refractivity contribution in [2.24, 2.45) is 0 Å². The normalized spacial score (nSPS) is 22.4. The Balaban J connectivity index is 1.69. The monoisotopic (exact) mass is 376 g/mol. The topological polar surface area (TPSA) is 85.4 Å². The zero-order chi connectivity index (χ0) is 19.6. The number of nitrogens with zero attached hydrogens (tertiary/aromatic N) is 2. The molecule has 3 rings (SSSR count). The Morgan fingerprint density at radius 3 is 2.52 bits per heavy atom. The molecular weight excluding hydrogens is 352 g/mol. The van der Waals surface area contributed by atoms with Crippen LogP contribution in [0.25, 0.3) is 0 Å². The van der Waals surface area contributed by atoms with Crippen LogP contribution in [0.5, 0.6) is 0 Å². The number of hydrogen-bond donors (Lipinski definition) is 0. The molecule has 2 heterocycles. The van der Waals surface area contributed by atoms with Gasteiger partial charge in [0, 0.05) is 0 Å². The molecule has 1 aromatic rings. The highest BCUT2D eigenvalue weighted by atomic mass is 16.6. The van der Waals surface area contributed by atoms with Gasteiger partial charge in [-0.1, -0.05) is 30.3 Å². The number of benzene rings is 1. The molecule has 146 valence electrons. The van der Waals surface area contributed by atoms with Crippen LogP contribution in [0.4, 0.5) is 9.59 Å². The lowest BCUT2D eigenvalue weighted by molar-refractivity contribution is -0.155. The first kappa shape index (κ1) is 19.2. The van der Waals surface area contributed by atoms with Crippen LogP contribution in [0.15, 0.2) is 30.3 Å². The molecule has 2 unspecified atom stereocenters. The first-order valence-electron chi connectivity index (χ1n) is 8.87. The van der Waals surface area contributed by atoms with Crippen molar-refractivity contribution in [3.05, 3.63) is 35.9 Å². The Kier molecular flexibility index (Phi) is 5.36. The predicted molar refractivity (Wildman–Crippen MR) is 94.8 cm³/mol. The third-order valence-electron chi connectivity index (χ3n) is 4.29. The van der Waals surface area contributed by atoms with E-state index in [9.17, 15) is 14.4 Å². The highest BCUT2D eigenvalue weighted by Crippen LogP contribution is 2.25. The van der Waals surface area contributed by atoms with Crippen LogP contribution in [0.3, 0.4) is 0 Å². The summed E-state index contributed by atoms with van der Waals surface area (Å²) in [4.78, 5) is 40.1. The van der Waals surface area contributed by atoms with Gasteiger partial charge in [0.1, 0.15) is 18.2 Å². The van der Waals surface area contributed by atoms with Crippen LogP contribution in [0.1, 0.15) is 26.3 Å². The zero-order valence-electron chi connectivity index (χ0n) is 15.7. The van der Waals surface area contributed by atoms with E-state index in [-0.39, 0.29) is 26.4 Å². The summed E-state index contributed by atoms with van der Waals surface area (Å²) < 4.78 is 16.1. The molecule has 2 aliphatic heterocycles. The molecule has 0 saturated carbocycles. The van der Waals surface area contributed by atoms with Gasteiger partial charge in [-0.15, -0.1) is 0 Å². The Labute approximate surface area is 158 Å². The lowest BCUT2D eigenvalue weighted by Crippen LogP contribution is -2.69. The maximum Gasteiger partial charge on any atom is 0.417 e. The lowest BCUT2D eigenvalue weighted by Gasteiger charge is -2.47. The van der Waals surface area contributed by atoms with Crippen LogP contribution in [-0.4, -0.2) is 65.3 Å². The van der Waals surface area contributed by atoms with Crippen molar-refractivity contribution in [3.8, 4) is 0 Å². The highest BCUT2D eigenvalue weighted by Gasteiger charge is 2.49. The van der Waals surface area contributed by atoms with Gasteiger partial charge in [-0.25, -0.2) is 14.5 Å². The van der Waals surface area contributed by atoms with Gasteiger partial charge in [0.05, 0.1) is 25.8 Å². The molecule has 1 aromatic carbocycles. The molecule has 2 atom stereocenters. The molecule has 2 saturated heterocycles. The number of carbonyl (C=O) groups is 3. The summed E-state index contributed by atoms with van der Waals surface area (Å²) in [6.07, 6.45) is -1.30. The summed E-state index contributed by atoms with van der Waals surface area (Å²) in [6, 6.07) is 7.93. The fourth-order valence-electron chi connectivity index (χ4n) is 3.09. The number of piperazine rings is 1. The predicted octanol–water partition coefficient (Wildman–Crippen LogP) is 2.17. The molecule has 2 bridgehead atoms. The number of hydrogen-bond acceptors (Lipinski definition) is 6.